The van der Waals surface area contributed by atoms with Gasteiger partial charge in [0.25, 0.3) is 0 Å². The van der Waals surface area contributed by atoms with Crippen LogP contribution in [0.5, 0.6) is 0 Å². The molecule has 0 saturated carbocycles. The molecule has 0 amide bonds. The van der Waals surface area contributed by atoms with E-state index in [4.69, 9.17) is 16.7 Å². The number of nitrogens with zero attached hydrogens (tertiary/aromatic N) is 1. The Kier molecular flexibility index (Phi) is 3.85. The van der Waals surface area contributed by atoms with Crippen LogP contribution in [0.15, 0.2) is 23.1 Å². The molecule has 1 unspecified atom stereocenters. The standard InChI is InChI=1S/C12H14ClNO4S/c1-8-10(13)3-2-4-11(8)19(17,18)14-6-5-9(7-14)12(15)16/h2-4,9H,5-7H2,1H3,(H,15,16). The van der Waals surface area contributed by atoms with Crippen molar-refractivity contribution in [2.75, 3.05) is 13.1 Å². The zero-order chi connectivity index (χ0) is 14.2. The summed E-state index contributed by atoms with van der Waals surface area (Å²) in [5, 5.41) is 9.31. The molecule has 1 fully saturated rings. The summed E-state index contributed by atoms with van der Waals surface area (Å²) in [6.07, 6.45) is 0.341. The smallest absolute Gasteiger partial charge is 0.307 e. The Morgan fingerprint density at radius 1 is 1.47 bits per heavy atom. The van der Waals surface area contributed by atoms with E-state index in [9.17, 15) is 13.2 Å². The van der Waals surface area contributed by atoms with Gasteiger partial charge in [-0.3, -0.25) is 4.79 Å². The quantitative estimate of drug-likeness (QED) is 0.923. The van der Waals surface area contributed by atoms with Crippen molar-refractivity contribution in [2.24, 2.45) is 5.92 Å². The van der Waals surface area contributed by atoms with Gasteiger partial charge in [0.1, 0.15) is 0 Å². The molecule has 1 aromatic rings. The number of halogens is 1. The van der Waals surface area contributed by atoms with E-state index >= 15 is 0 Å². The summed E-state index contributed by atoms with van der Waals surface area (Å²) in [4.78, 5) is 11.0. The summed E-state index contributed by atoms with van der Waals surface area (Å²) in [5.41, 5.74) is 0.489. The van der Waals surface area contributed by atoms with Crippen LogP contribution in [0.4, 0.5) is 0 Å². The Bertz CT molecular complexity index is 614. The number of hydrogen-bond acceptors (Lipinski definition) is 3. The van der Waals surface area contributed by atoms with E-state index < -0.39 is 21.9 Å². The summed E-state index contributed by atoms with van der Waals surface area (Å²) in [7, 11) is -3.67. The molecule has 19 heavy (non-hydrogen) atoms. The number of aliphatic carboxylic acids is 1. The Balaban J connectivity index is 2.34. The van der Waals surface area contributed by atoms with E-state index in [1.165, 1.54) is 10.4 Å². The first-order valence-electron chi connectivity index (χ1n) is 5.82. The average Bonchev–Trinajstić information content (AvgIpc) is 2.82. The van der Waals surface area contributed by atoms with Crippen molar-refractivity contribution in [1.82, 2.24) is 4.31 Å². The van der Waals surface area contributed by atoms with Gasteiger partial charge in [0.2, 0.25) is 10.0 Å². The van der Waals surface area contributed by atoms with Crippen LogP contribution in [0.3, 0.4) is 0 Å². The van der Waals surface area contributed by atoms with Crippen LogP contribution >= 0.6 is 11.6 Å². The maximum atomic E-state index is 12.5. The first kappa shape index (κ1) is 14.3. The molecule has 5 nitrogen and oxygen atoms in total. The van der Waals surface area contributed by atoms with Crippen LogP contribution in [0.25, 0.3) is 0 Å². The number of benzene rings is 1. The Labute approximate surface area is 116 Å². The van der Waals surface area contributed by atoms with E-state index in [0.717, 1.165) is 0 Å². The summed E-state index contributed by atoms with van der Waals surface area (Å²) >= 11 is 5.93. The highest BCUT2D eigenvalue weighted by Crippen LogP contribution is 2.29. The Morgan fingerprint density at radius 3 is 2.74 bits per heavy atom. The van der Waals surface area contributed by atoms with Crippen molar-refractivity contribution < 1.29 is 18.3 Å². The minimum absolute atomic E-state index is 0.0175. The summed E-state index contributed by atoms with van der Waals surface area (Å²) in [5.74, 6) is -1.59. The van der Waals surface area contributed by atoms with Crippen molar-refractivity contribution in [3.8, 4) is 0 Å². The van der Waals surface area contributed by atoms with Gasteiger partial charge in [0, 0.05) is 18.1 Å². The van der Waals surface area contributed by atoms with Crippen molar-refractivity contribution in [2.45, 2.75) is 18.2 Å². The third-order valence-electron chi connectivity index (χ3n) is 3.34. The summed E-state index contributed by atoms with van der Waals surface area (Å²) in [6.45, 7) is 1.88. The van der Waals surface area contributed by atoms with E-state index in [0.29, 0.717) is 17.0 Å². The molecule has 7 heteroatoms. The van der Waals surface area contributed by atoms with Crippen molar-refractivity contribution in [1.29, 1.82) is 0 Å². The summed E-state index contributed by atoms with van der Waals surface area (Å²) < 4.78 is 26.1. The molecule has 1 aliphatic heterocycles. The molecule has 104 valence electrons. The second-order valence-electron chi connectivity index (χ2n) is 4.55. The molecule has 0 bridgehead atoms. The number of carboxylic acid groups (broad SMARTS) is 1. The lowest BCUT2D eigenvalue weighted by molar-refractivity contribution is -0.141. The monoisotopic (exact) mass is 303 g/mol. The van der Waals surface area contributed by atoms with E-state index in [-0.39, 0.29) is 18.0 Å². The molecular weight excluding hydrogens is 290 g/mol. The second-order valence-corrected chi connectivity index (χ2v) is 6.86. The van der Waals surface area contributed by atoms with Crippen LogP contribution in [0.2, 0.25) is 5.02 Å². The summed E-state index contributed by atoms with van der Waals surface area (Å²) in [6, 6.07) is 4.69. The van der Waals surface area contributed by atoms with E-state index in [2.05, 4.69) is 0 Å². The number of carbonyl (C=O) groups is 1. The molecule has 1 heterocycles. The molecule has 1 saturated heterocycles. The molecule has 0 aromatic heterocycles. The van der Waals surface area contributed by atoms with Gasteiger partial charge < -0.3 is 5.11 Å². The molecule has 0 radical (unpaired) electrons. The third kappa shape index (κ3) is 2.61. The molecular formula is C12H14ClNO4S. The average molecular weight is 304 g/mol. The lowest BCUT2D eigenvalue weighted by atomic mass is 10.1. The van der Waals surface area contributed by atoms with Gasteiger partial charge in [-0.25, -0.2) is 8.42 Å². The van der Waals surface area contributed by atoms with Gasteiger partial charge >= 0.3 is 5.97 Å². The molecule has 2 rings (SSSR count). The molecule has 0 spiro atoms. The van der Waals surface area contributed by atoms with Crippen LogP contribution in [0, 0.1) is 12.8 Å². The molecule has 1 aliphatic rings. The van der Waals surface area contributed by atoms with Crippen molar-refractivity contribution in [3.05, 3.63) is 28.8 Å². The maximum Gasteiger partial charge on any atom is 0.307 e. The Morgan fingerprint density at radius 2 is 2.16 bits per heavy atom. The zero-order valence-electron chi connectivity index (χ0n) is 10.3. The highest BCUT2D eigenvalue weighted by Gasteiger charge is 2.36. The largest absolute Gasteiger partial charge is 0.481 e. The molecule has 1 N–H and O–H groups in total. The van der Waals surface area contributed by atoms with Gasteiger partial charge in [0.05, 0.1) is 10.8 Å². The lowest BCUT2D eigenvalue weighted by Gasteiger charge is -2.17. The minimum Gasteiger partial charge on any atom is -0.481 e. The van der Waals surface area contributed by atoms with Crippen LogP contribution in [0.1, 0.15) is 12.0 Å². The third-order valence-corrected chi connectivity index (χ3v) is 5.76. The van der Waals surface area contributed by atoms with Crippen LogP contribution in [-0.4, -0.2) is 36.9 Å². The highest BCUT2D eigenvalue weighted by atomic mass is 35.5. The number of sulfonamides is 1. The van der Waals surface area contributed by atoms with Gasteiger partial charge in [-0.2, -0.15) is 4.31 Å². The SMILES string of the molecule is Cc1c(Cl)cccc1S(=O)(=O)N1CCC(C(=O)O)C1. The molecule has 0 aliphatic carbocycles. The first-order valence-corrected chi connectivity index (χ1v) is 7.64. The predicted molar refractivity (Wildman–Crippen MR) is 70.7 cm³/mol. The van der Waals surface area contributed by atoms with Crippen molar-refractivity contribution in [3.63, 3.8) is 0 Å². The van der Waals surface area contributed by atoms with Gasteiger partial charge in [-0.1, -0.05) is 17.7 Å². The highest BCUT2D eigenvalue weighted by molar-refractivity contribution is 7.89. The fourth-order valence-corrected chi connectivity index (χ4v) is 4.13. The fraction of sp³-hybridized carbons (Fsp3) is 0.417. The van der Waals surface area contributed by atoms with Crippen LogP contribution in [-0.2, 0) is 14.8 Å². The van der Waals surface area contributed by atoms with E-state index in [1.807, 2.05) is 0 Å². The Hall–Kier alpha value is -1.11. The predicted octanol–water partition coefficient (Wildman–Crippen LogP) is 1.74. The number of carboxylic acids is 1. The zero-order valence-corrected chi connectivity index (χ0v) is 11.9. The van der Waals surface area contributed by atoms with Gasteiger partial charge in [0.15, 0.2) is 0 Å². The maximum absolute atomic E-state index is 12.5. The fourth-order valence-electron chi connectivity index (χ4n) is 2.15. The number of hydrogen-bond donors (Lipinski definition) is 1. The molecule has 1 atom stereocenters. The first-order chi connectivity index (χ1) is 8.84. The normalized spacial score (nSPS) is 20.6. The molecule has 1 aromatic carbocycles. The topological polar surface area (TPSA) is 74.7 Å². The minimum atomic E-state index is -3.67. The van der Waals surface area contributed by atoms with E-state index in [1.54, 1.807) is 19.1 Å². The lowest BCUT2D eigenvalue weighted by Crippen LogP contribution is -2.30. The van der Waals surface area contributed by atoms with Gasteiger partial charge in [-0.15, -0.1) is 0 Å². The van der Waals surface area contributed by atoms with Gasteiger partial charge in [-0.05, 0) is 31.0 Å². The van der Waals surface area contributed by atoms with Crippen LogP contribution < -0.4 is 0 Å². The van der Waals surface area contributed by atoms with Crippen molar-refractivity contribution >= 4 is 27.6 Å². The second kappa shape index (κ2) is 5.11. The number of rotatable bonds is 3.